The normalized spacial score (nSPS) is 15.2. The molecule has 0 aromatic heterocycles. The number of nitrogens with two attached hydrogens (primary N) is 1. The first-order valence-electron chi connectivity index (χ1n) is 16.4. The van der Waals surface area contributed by atoms with Crippen LogP contribution in [0.1, 0.15) is 87.1 Å². The zero-order chi connectivity index (χ0) is 36.8. The predicted molar refractivity (Wildman–Crippen MR) is 181 cm³/mol. The highest BCUT2D eigenvalue weighted by Gasteiger charge is 2.34. The lowest BCUT2D eigenvalue weighted by molar-refractivity contribution is -0.133. The van der Waals surface area contributed by atoms with Gasteiger partial charge in [-0.25, -0.2) is 4.79 Å². The molecule has 0 fully saturated rings. The zero-order valence-electron chi connectivity index (χ0n) is 29.7. The average Bonchev–Trinajstić information content (AvgIpc) is 2.96. The van der Waals surface area contributed by atoms with Crippen LogP contribution in [0.25, 0.3) is 0 Å². The van der Waals surface area contributed by atoms with E-state index < -0.39 is 83.9 Å². The van der Waals surface area contributed by atoms with Gasteiger partial charge in [-0.1, -0.05) is 65.0 Å². The summed E-state index contributed by atoms with van der Waals surface area (Å²) in [6.07, 6.45) is -2.30. The van der Waals surface area contributed by atoms with Gasteiger partial charge < -0.3 is 42.2 Å². The number of benzene rings is 1. The molecule has 14 nitrogen and oxygen atoms in total. The molecule has 0 saturated carbocycles. The largest absolute Gasteiger partial charge is 0.444 e. The lowest BCUT2D eigenvalue weighted by Crippen LogP contribution is -2.58. The number of primary amides is 1. The monoisotopic (exact) mass is 676 g/mol. The van der Waals surface area contributed by atoms with E-state index in [1.54, 1.807) is 48.5 Å². The minimum Gasteiger partial charge on any atom is -0.444 e. The van der Waals surface area contributed by atoms with Crippen LogP contribution in [-0.4, -0.2) is 76.6 Å². The van der Waals surface area contributed by atoms with Crippen LogP contribution in [0, 0.1) is 17.8 Å². The van der Waals surface area contributed by atoms with E-state index in [4.69, 9.17) is 10.5 Å². The lowest BCUT2D eigenvalue weighted by Gasteiger charge is -2.30. The number of ether oxygens (including phenoxy) is 1. The molecule has 6 amide bonds. The number of nitrogens with one attached hydrogen (secondary N) is 5. The fourth-order valence-electron chi connectivity index (χ4n) is 4.74. The summed E-state index contributed by atoms with van der Waals surface area (Å²) in [6, 6.07) is 5.14. The van der Waals surface area contributed by atoms with Crippen molar-refractivity contribution in [2.24, 2.45) is 23.5 Å². The third-order valence-electron chi connectivity index (χ3n) is 7.28. The van der Waals surface area contributed by atoms with Crippen LogP contribution in [0.5, 0.6) is 0 Å². The van der Waals surface area contributed by atoms with E-state index in [2.05, 4.69) is 26.6 Å². The molecule has 0 aliphatic rings. The molecule has 48 heavy (non-hydrogen) atoms. The summed E-state index contributed by atoms with van der Waals surface area (Å²) in [7, 11) is 0. The molecule has 0 heterocycles. The number of aliphatic hydroxyl groups is 1. The van der Waals surface area contributed by atoms with Gasteiger partial charge in [0.05, 0.1) is 18.6 Å². The van der Waals surface area contributed by atoms with E-state index in [0.717, 1.165) is 5.56 Å². The van der Waals surface area contributed by atoms with Crippen molar-refractivity contribution in [3.8, 4) is 0 Å². The molecule has 0 saturated heterocycles. The van der Waals surface area contributed by atoms with Crippen LogP contribution in [-0.2, 0) is 35.3 Å². The van der Waals surface area contributed by atoms with Gasteiger partial charge >= 0.3 is 6.09 Å². The second kappa shape index (κ2) is 19.6. The first kappa shape index (κ1) is 41.8. The summed E-state index contributed by atoms with van der Waals surface area (Å²) in [5.41, 5.74) is 5.49. The van der Waals surface area contributed by atoms with Crippen LogP contribution in [0.15, 0.2) is 30.3 Å². The van der Waals surface area contributed by atoms with E-state index in [-0.39, 0.29) is 18.2 Å². The second-order valence-corrected chi connectivity index (χ2v) is 14.0. The topological polar surface area (TPSA) is 218 Å². The quantitative estimate of drug-likeness (QED) is 0.121. The maximum absolute atomic E-state index is 13.4. The number of carbonyl (C=O) groups is 6. The lowest BCUT2D eigenvalue weighted by atomic mass is 9.92. The predicted octanol–water partition coefficient (Wildman–Crippen LogP) is 1.64. The molecule has 1 unspecified atom stereocenters. The fourth-order valence-corrected chi connectivity index (χ4v) is 4.74. The molecule has 8 N–H and O–H groups in total. The summed E-state index contributed by atoms with van der Waals surface area (Å²) in [5, 5.41) is 24.3. The molecule has 1 aromatic carbocycles. The molecule has 6 atom stereocenters. The van der Waals surface area contributed by atoms with Crippen LogP contribution in [0.3, 0.4) is 0 Å². The number of amides is 6. The third-order valence-corrected chi connectivity index (χ3v) is 7.28. The maximum atomic E-state index is 13.4. The molecule has 1 rings (SSSR count). The Bertz CT molecular complexity index is 1230. The molecule has 0 spiro atoms. The van der Waals surface area contributed by atoms with Gasteiger partial charge in [0.25, 0.3) is 0 Å². The summed E-state index contributed by atoms with van der Waals surface area (Å²) < 4.78 is 5.25. The first-order valence-corrected chi connectivity index (χ1v) is 16.4. The molecular formula is C34H56N6O8. The van der Waals surface area contributed by atoms with Gasteiger partial charge in [-0.05, 0) is 57.9 Å². The Morgan fingerprint density at radius 1 is 0.792 bits per heavy atom. The van der Waals surface area contributed by atoms with Crippen molar-refractivity contribution in [1.29, 1.82) is 0 Å². The van der Waals surface area contributed by atoms with Gasteiger partial charge in [0.1, 0.15) is 23.7 Å². The third kappa shape index (κ3) is 16.1. The minimum absolute atomic E-state index is 0.00921. The summed E-state index contributed by atoms with van der Waals surface area (Å²) in [5.74, 6) is -4.31. The SMILES string of the molecule is CC(C)C[C@H](NC(=O)C(CC(N)=O)NC(=O)[C@@H](NC(=O)OC(C)(C)C)C(C)C)[C@@H](O)C[C@@H](C)C(=O)N[C@@H](C)C(=O)NCc1ccccc1. The highest BCUT2D eigenvalue weighted by molar-refractivity contribution is 5.94. The minimum atomic E-state index is -1.41. The fraction of sp³-hybridized carbons (Fsp3) is 0.647. The molecule has 0 aliphatic carbocycles. The standard InChI is InChI=1S/C34H56N6O8/c1-19(2)15-24(26(41)16-21(5)29(43)37-22(6)30(44)36-18-23-13-11-10-12-14-23)38-31(45)25(17-27(35)42)39-32(46)28(20(3)4)40-33(47)48-34(7,8)9/h10-14,19-22,24-26,28,41H,15-18H2,1-9H3,(H2,35,42)(H,36,44)(H,37,43)(H,38,45)(H,39,46)(H,40,47)/t21-,22+,24+,25?,26+,28+/m1/s1. The van der Waals surface area contributed by atoms with E-state index in [1.807, 2.05) is 44.2 Å². The van der Waals surface area contributed by atoms with Crippen LogP contribution in [0.2, 0.25) is 0 Å². The van der Waals surface area contributed by atoms with Gasteiger partial charge in [0.15, 0.2) is 0 Å². The Morgan fingerprint density at radius 3 is 1.92 bits per heavy atom. The van der Waals surface area contributed by atoms with E-state index in [0.29, 0.717) is 13.0 Å². The van der Waals surface area contributed by atoms with Crippen molar-refractivity contribution >= 4 is 35.6 Å². The summed E-state index contributed by atoms with van der Waals surface area (Å²) in [4.78, 5) is 76.4. The van der Waals surface area contributed by atoms with Gasteiger partial charge in [-0.15, -0.1) is 0 Å². The number of alkyl carbamates (subject to hydrolysis) is 1. The molecular weight excluding hydrogens is 620 g/mol. The Balaban J connectivity index is 2.94. The van der Waals surface area contributed by atoms with Gasteiger partial charge in [-0.2, -0.15) is 0 Å². The number of carbonyl (C=O) groups excluding carboxylic acids is 6. The summed E-state index contributed by atoms with van der Waals surface area (Å²) in [6.45, 7) is 15.6. The van der Waals surface area contributed by atoms with Gasteiger partial charge in [0, 0.05) is 12.5 Å². The summed E-state index contributed by atoms with van der Waals surface area (Å²) >= 11 is 0. The van der Waals surface area contributed by atoms with E-state index >= 15 is 0 Å². The van der Waals surface area contributed by atoms with Crippen molar-refractivity contribution in [2.45, 2.75) is 124 Å². The smallest absolute Gasteiger partial charge is 0.408 e. The number of rotatable bonds is 18. The Labute approximate surface area is 284 Å². The molecule has 0 radical (unpaired) electrons. The van der Waals surface area contributed by atoms with Crippen molar-refractivity contribution in [3.05, 3.63) is 35.9 Å². The van der Waals surface area contributed by atoms with Crippen molar-refractivity contribution in [2.75, 3.05) is 0 Å². The molecule has 14 heteroatoms. The molecule has 0 aliphatic heterocycles. The van der Waals surface area contributed by atoms with E-state index in [9.17, 15) is 33.9 Å². The van der Waals surface area contributed by atoms with Crippen LogP contribution < -0.4 is 32.3 Å². The molecule has 270 valence electrons. The zero-order valence-corrected chi connectivity index (χ0v) is 29.7. The van der Waals surface area contributed by atoms with Crippen molar-refractivity contribution in [3.63, 3.8) is 0 Å². The number of hydrogen-bond acceptors (Lipinski definition) is 8. The van der Waals surface area contributed by atoms with E-state index in [1.165, 1.54) is 0 Å². The highest BCUT2D eigenvalue weighted by atomic mass is 16.6. The number of hydrogen-bond donors (Lipinski definition) is 7. The maximum Gasteiger partial charge on any atom is 0.408 e. The number of aliphatic hydroxyl groups excluding tert-OH is 1. The Hall–Kier alpha value is -4.20. The second-order valence-electron chi connectivity index (χ2n) is 14.0. The first-order chi connectivity index (χ1) is 22.2. The van der Waals surface area contributed by atoms with Crippen molar-refractivity contribution in [1.82, 2.24) is 26.6 Å². The van der Waals surface area contributed by atoms with Crippen molar-refractivity contribution < 1.29 is 38.6 Å². The van der Waals surface area contributed by atoms with Crippen LogP contribution >= 0.6 is 0 Å². The Kier molecular flexibility index (Phi) is 17.1. The average molecular weight is 677 g/mol. The molecule has 0 bridgehead atoms. The van der Waals surface area contributed by atoms with Gasteiger partial charge in [-0.3, -0.25) is 24.0 Å². The van der Waals surface area contributed by atoms with Crippen LogP contribution in [0.4, 0.5) is 4.79 Å². The highest BCUT2D eigenvalue weighted by Crippen LogP contribution is 2.17. The molecule has 1 aromatic rings. The Morgan fingerprint density at radius 2 is 1.40 bits per heavy atom. The van der Waals surface area contributed by atoms with Gasteiger partial charge in [0.2, 0.25) is 29.5 Å².